The first-order chi connectivity index (χ1) is 16.5. The van der Waals surface area contributed by atoms with Crippen molar-refractivity contribution >= 4 is 18.2 Å². The molecule has 1 aromatic carbocycles. The van der Waals surface area contributed by atoms with E-state index in [1.807, 2.05) is 26.0 Å². The standard InChI is InChI=1S/C31H34O.C2H6/c1-6-9-12-17-25(16-8-3)24(4)30-28(20-10-7-2)27-21-15-22-31(5,23-29(27)32-30)26-18-13-11-14-19-26;1-2/h7-24H,2,6H2,1,3-5H3;1-2H3/b12-9-,16-8-,20-10-,25-17+;. The van der Waals surface area contributed by atoms with E-state index in [1.165, 1.54) is 11.1 Å². The predicted octanol–water partition coefficient (Wildman–Crippen LogP) is 8.17. The van der Waals surface area contributed by atoms with Crippen LogP contribution >= 0.6 is 0 Å². The molecule has 1 nitrogen and oxygen atoms in total. The van der Waals surface area contributed by atoms with Crippen LogP contribution in [0.25, 0.3) is 18.2 Å². The molecule has 1 heterocycles. The van der Waals surface area contributed by atoms with Crippen molar-refractivity contribution in [3.05, 3.63) is 125 Å². The van der Waals surface area contributed by atoms with Gasteiger partial charge in [0.2, 0.25) is 0 Å². The molecular formula is C33H40O. The number of rotatable bonds is 8. The van der Waals surface area contributed by atoms with E-state index in [0.717, 1.165) is 28.4 Å². The van der Waals surface area contributed by atoms with Crippen molar-refractivity contribution in [1.29, 1.82) is 0 Å². The Balaban J connectivity index is 0.00000199. The van der Waals surface area contributed by atoms with Gasteiger partial charge in [0.25, 0.3) is 0 Å². The van der Waals surface area contributed by atoms with Gasteiger partial charge in [-0.2, -0.15) is 0 Å². The fourth-order valence-electron chi connectivity index (χ4n) is 4.08. The first-order valence-electron chi connectivity index (χ1n) is 12.4. The average molecular weight is 453 g/mol. The Morgan fingerprint density at radius 3 is 2.53 bits per heavy atom. The second kappa shape index (κ2) is 13.4. The predicted molar refractivity (Wildman–Crippen MR) is 151 cm³/mol. The number of fused-ring (bicyclic) bond motifs is 1. The van der Waals surface area contributed by atoms with Crippen LogP contribution in [0.3, 0.4) is 0 Å². The van der Waals surface area contributed by atoms with Gasteiger partial charge in [0.05, 0.1) is 0 Å². The van der Waals surface area contributed by atoms with Crippen LogP contribution < -0.4 is 10.6 Å². The molecule has 0 fully saturated rings. The zero-order valence-electron chi connectivity index (χ0n) is 21.7. The van der Waals surface area contributed by atoms with Gasteiger partial charge in [-0.05, 0) is 37.5 Å². The van der Waals surface area contributed by atoms with Crippen molar-refractivity contribution in [1.82, 2.24) is 0 Å². The van der Waals surface area contributed by atoms with Gasteiger partial charge in [-0.1, -0.05) is 131 Å². The summed E-state index contributed by atoms with van der Waals surface area (Å²) in [5.41, 5.74) is 4.24. The Morgan fingerprint density at radius 1 is 1.15 bits per heavy atom. The second-order valence-corrected chi connectivity index (χ2v) is 8.30. The molecular weight excluding hydrogens is 412 g/mol. The highest BCUT2D eigenvalue weighted by atomic mass is 16.3. The summed E-state index contributed by atoms with van der Waals surface area (Å²) in [7, 11) is 0. The average Bonchev–Trinajstić information content (AvgIpc) is 3.09. The Kier molecular flexibility index (Phi) is 10.6. The van der Waals surface area contributed by atoms with Gasteiger partial charge in [0, 0.05) is 22.1 Å². The van der Waals surface area contributed by atoms with Gasteiger partial charge < -0.3 is 4.42 Å². The van der Waals surface area contributed by atoms with E-state index in [1.54, 1.807) is 0 Å². The third kappa shape index (κ3) is 6.38. The number of hydrogen-bond acceptors (Lipinski definition) is 1. The first-order valence-corrected chi connectivity index (χ1v) is 12.4. The fourth-order valence-corrected chi connectivity index (χ4v) is 4.08. The van der Waals surface area contributed by atoms with Crippen molar-refractivity contribution in [2.24, 2.45) is 0 Å². The van der Waals surface area contributed by atoms with Gasteiger partial charge >= 0.3 is 0 Å². The minimum Gasteiger partial charge on any atom is -0.460 e. The minimum atomic E-state index is -0.243. The largest absolute Gasteiger partial charge is 0.460 e. The third-order valence-corrected chi connectivity index (χ3v) is 5.88. The van der Waals surface area contributed by atoms with Crippen molar-refractivity contribution in [2.45, 2.75) is 59.3 Å². The molecule has 0 saturated heterocycles. The summed E-state index contributed by atoms with van der Waals surface area (Å²) in [6.45, 7) is 16.5. The molecule has 1 heteroatoms. The Labute approximate surface area is 206 Å². The van der Waals surface area contributed by atoms with E-state index in [4.69, 9.17) is 4.42 Å². The van der Waals surface area contributed by atoms with Crippen LogP contribution in [0.15, 0.2) is 102 Å². The van der Waals surface area contributed by atoms with E-state index in [-0.39, 0.29) is 11.3 Å². The van der Waals surface area contributed by atoms with Gasteiger partial charge in [-0.25, -0.2) is 0 Å². The number of benzene rings is 1. The maximum atomic E-state index is 6.62. The number of allylic oxidation sites excluding steroid dienone is 10. The molecule has 0 radical (unpaired) electrons. The molecule has 1 aliphatic carbocycles. The number of furan rings is 1. The summed E-state index contributed by atoms with van der Waals surface area (Å²) in [5.74, 6) is 1.08. The summed E-state index contributed by atoms with van der Waals surface area (Å²) in [5, 5.41) is 1.12. The molecule has 2 aromatic rings. The molecule has 0 bridgehead atoms. The first kappa shape index (κ1) is 26.9. The Morgan fingerprint density at radius 2 is 1.88 bits per heavy atom. The molecule has 0 spiro atoms. The molecule has 0 N–H and O–H groups in total. The highest BCUT2D eigenvalue weighted by molar-refractivity contribution is 5.63. The summed E-state index contributed by atoms with van der Waals surface area (Å²) in [6, 6.07) is 10.6. The van der Waals surface area contributed by atoms with Crippen molar-refractivity contribution in [2.75, 3.05) is 0 Å². The van der Waals surface area contributed by atoms with Gasteiger partial charge in [0.15, 0.2) is 0 Å². The quantitative estimate of drug-likeness (QED) is 0.368. The van der Waals surface area contributed by atoms with Crippen LogP contribution in [0.2, 0.25) is 0 Å². The minimum absolute atomic E-state index is 0.109. The van der Waals surface area contributed by atoms with E-state index >= 15 is 0 Å². The van der Waals surface area contributed by atoms with Crippen LogP contribution in [-0.2, 0) is 5.41 Å². The zero-order chi connectivity index (χ0) is 25.0. The van der Waals surface area contributed by atoms with Gasteiger partial charge in [-0.15, -0.1) is 0 Å². The van der Waals surface area contributed by atoms with Gasteiger partial charge in [0.1, 0.15) is 11.2 Å². The topological polar surface area (TPSA) is 13.1 Å². The van der Waals surface area contributed by atoms with Crippen molar-refractivity contribution in [3.8, 4) is 0 Å². The van der Waals surface area contributed by atoms with Crippen LogP contribution in [-0.4, -0.2) is 0 Å². The lowest BCUT2D eigenvalue weighted by Gasteiger charge is -2.21. The molecule has 0 saturated carbocycles. The summed E-state index contributed by atoms with van der Waals surface area (Å²) >= 11 is 0. The lowest BCUT2D eigenvalue weighted by atomic mass is 9.82. The van der Waals surface area contributed by atoms with E-state index in [9.17, 15) is 0 Å². The smallest absolute Gasteiger partial charge is 0.132 e. The summed E-state index contributed by atoms with van der Waals surface area (Å²) in [6.07, 6.45) is 26.5. The SMILES string of the molecule is C=C/C=C\c1c(C(C)C(/C=C\C)=C/C=C\CC)oc2c1=CC=CC(C)(c1ccccc1)C=2.CC. The number of hydrogen-bond donors (Lipinski definition) is 0. The normalized spacial score (nSPS) is 18.7. The zero-order valence-corrected chi connectivity index (χ0v) is 21.7. The Hall–Kier alpha value is -3.32. The third-order valence-electron chi connectivity index (χ3n) is 5.88. The second-order valence-electron chi connectivity index (χ2n) is 8.30. The molecule has 0 aliphatic heterocycles. The maximum absolute atomic E-state index is 6.62. The molecule has 2 unspecified atom stereocenters. The maximum Gasteiger partial charge on any atom is 0.132 e. The highest BCUT2D eigenvalue weighted by Gasteiger charge is 2.24. The molecule has 34 heavy (non-hydrogen) atoms. The van der Waals surface area contributed by atoms with Crippen LogP contribution in [0.5, 0.6) is 0 Å². The lowest BCUT2D eigenvalue weighted by Crippen LogP contribution is -2.26. The molecule has 0 amide bonds. The summed E-state index contributed by atoms with van der Waals surface area (Å²) in [4.78, 5) is 0. The van der Waals surface area contributed by atoms with E-state index in [0.29, 0.717) is 0 Å². The molecule has 1 aromatic heterocycles. The van der Waals surface area contributed by atoms with Gasteiger partial charge in [-0.3, -0.25) is 0 Å². The Bertz CT molecular complexity index is 1200. The highest BCUT2D eigenvalue weighted by Crippen LogP contribution is 2.30. The summed E-state index contributed by atoms with van der Waals surface area (Å²) < 4.78 is 6.62. The van der Waals surface area contributed by atoms with Crippen molar-refractivity contribution in [3.63, 3.8) is 0 Å². The van der Waals surface area contributed by atoms with Crippen molar-refractivity contribution < 1.29 is 4.42 Å². The van der Waals surface area contributed by atoms with E-state index in [2.05, 4.69) is 125 Å². The van der Waals surface area contributed by atoms with E-state index < -0.39 is 0 Å². The van der Waals surface area contributed by atoms with Crippen LogP contribution in [0.4, 0.5) is 0 Å². The molecule has 178 valence electrons. The molecule has 2 atom stereocenters. The van der Waals surface area contributed by atoms with Crippen LogP contribution in [0.1, 0.15) is 70.8 Å². The monoisotopic (exact) mass is 452 g/mol. The molecule has 3 rings (SSSR count). The fraction of sp³-hybridized carbons (Fsp3) is 0.273. The lowest BCUT2D eigenvalue weighted by molar-refractivity contribution is 0.464. The van der Waals surface area contributed by atoms with Crippen LogP contribution in [0, 0.1) is 0 Å². The molecule has 1 aliphatic rings.